The number of nitrogens with one attached hydrogen (secondary N) is 2. The predicted octanol–water partition coefficient (Wildman–Crippen LogP) is 4.10. The molecular formula is C25H39ClN4O8S2. The van der Waals surface area contributed by atoms with Crippen molar-refractivity contribution in [3.63, 3.8) is 0 Å². The largest absolute Gasteiger partial charge is 0.444 e. The highest BCUT2D eigenvalue weighted by atomic mass is 35.5. The molecule has 1 fully saturated rings. The summed E-state index contributed by atoms with van der Waals surface area (Å²) in [6.07, 6.45) is -2.71. The summed E-state index contributed by atoms with van der Waals surface area (Å²) in [5.74, 6) is -1.93. The zero-order chi connectivity index (χ0) is 30.6. The summed E-state index contributed by atoms with van der Waals surface area (Å²) in [5.41, 5.74) is -1.69. The number of thiophene rings is 1. The number of hydrogen-bond acceptors (Lipinski definition) is 9. The van der Waals surface area contributed by atoms with E-state index in [1.807, 2.05) is 13.8 Å². The number of carbonyl (C=O) groups is 4. The number of β-amino-alcohol motifs (C(OH)–C–C–N with tert-alkyl or cyclic N) is 1. The van der Waals surface area contributed by atoms with E-state index in [1.54, 1.807) is 41.5 Å². The summed E-state index contributed by atoms with van der Waals surface area (Å²) >= 11 is 6.95. The predicted molar refractivity (Wildman–Crippen MR) is 151 cm³/mol. The van der Waals surface area contributed by atoms with Gasteiger partial charge in [-0.1, -0.05) is 25.4 Å². The first kappa shape index (κ1) is 33.8. The Morgan fingerprint density at radius 1 is 1.18 bits per heavy atom. The number of alkyl carbamates (subject to hydrolysis) is 1. The molecule has 3 N–H and O–H groups in total. The van der Waals surface area contributed by atoms with Crippen molar-refractivity contribution in [2.75, 3.05) is 6.54 Å². The van der Waals surface area contributed by atoms with Gasteiger partial charge in [0.2, 0.25) is 0 Å². The quantitative estimate of drug-likeness (QED) is 0.409. The van der Waals surface area contributed by atoms with Gasteiger partial charge in [0.15, 0.2) is 9.92 Å². The minimum absolute atomic E-state index is 0.0119. The smallest absolute Gasteiger partial charge is 0.411 e. The van der Waals surface area contributed by atoms with Gasteiger partial charge in [-0.25, -0.2) is 13.8 Å². The molecule has 1 saturated heterocycles. The molecule has 0 radical (unpaired) electrons. The third-order valence-corrected chi connectivity index (χ3v) is 8.79. The van der Waals surface area contributed by atoms with Gasteiger partial charge in [0.05, 0.1) is 17.7 Å². The third-order valence-electron chi connectivity index (χ3n) is 5.18. The molecule has 15 heteroatoms. The molecule has 0 aliphatic carbocycles. The summed E-state index contributed by atoms with van der Waals surface area (Å²) in [4.78, 5) is 52.9. The van der Waals surface area contributed by atoms with Crippen LogP contribution in [0.1, 0.15) is 68.2 Å². The SMILES string of the molecule is CC(C)C[C@H](NC(=O)OC(C)(C)C)C(=O)N=S(=O)(NC(=O)[C@@H]1C[C@H](O)CN1C(=O)OC(C)(C)C)c1cc(Cl)cs1. The number of amides is 4. The van der Waals surface area contributed by atoms with Crippen LogP contribution in [-0.4, -0.2) is 74.2 Å². The highest BCUT2D eigenvalue weighted by Gasteiger charge is 2.42. The Morgan fingerprint density at radius 2 is 1.77 bits per heavy atom. The molecule has 0 aromatic carbocycles. The standard InChI is InChI=1S/C25H39ClN4O8S2/c1-14(2)9-17(27-22(34)37-24(3,4)5)20(32)28-40(36,19-10-15(26)13-39-19)29-21(33)18-11-16(31)12-30(18)23(35)38-25(6,7)8/h10,13-14,16-18,31H,9,11-12H2,1-8H3,(H,27,34)(H,28,29,32,33,36)/t16-,17-,18-,40?/m0/s1. The maximum absolute atomic E-state index is 14.2. The average Bonchev–Trinajstić information content (AvgIpc) is 3.36. The normalized spacial score (nSPS) is 19.9. The number of ether oxygens (including phenoxy) is 2. The van der Waals surface area contributed by atoms with Crippen LogP contribution in [0, 0.1) is 5.92 Å². The fraction of sp³-hybridized carbons (Fsp3) is 0.680. The van der Waals surface area contributed by atoms with Crippen molar-refractivity contribution in [3.05, 3.63) is 16.5 Å². The zero-order valence-corrected chi connectivity index (χ0v) is 26.4. The first-order valence-electron chi connectivity index (χ1n) is 12.7. The molecule has 12 nitrogen and oxygen atoms in total. The van der Waals surface area contributed by atoms with E-state index in [1.165, 1.54) is 11.4 Å². The van der Waals surface area contributed by atoms with Gasteiger partial charge in [0, 0.05) is 11.8 Å². The lowest BCUT2D eigenvalue weighted by Gasteiger charge is -2.28. The van der Waals surface area contributed by atoms with Gasteiger partial charge in [-0.15, -0.1) is 15.7 Å². The Bertz CT molecular complexity index is 1230. The number of likely N-dealkylation sites (tertiary alicyclic amines) is 1. The first-order valence-corrected chi connectivity index (χ1v) is 15.5. The van der Waals surface area contributed by atoms with Crippen LogP contribution in [-0.2, 0) is 29.0 Å². The van der Waals surface area contributed by atoms with E-state index in [2.05, 4.69) is 14.4 Å². The molecule has 0 saturated carbocycles. The van der Waals surface area contributed by atoms with Crippen LogP contribution in [0.15, 0.2) is 20.0 Å². The summed E-state index contributed by atoms with van der Waals surface area (Å²) in [7, 11) is -3.98. The molecule has 226 valence electrons. The molecule has 0 bridgehead atoms. The number of rotatable bonds is 7. The lowest BCUT2D eigenvalue weighted by molar-refractivity contribution is -0.123. The van der Waals surface area contributed by atoms with Crippen molar-refractivity contribution >= 4 is 56.9 Å². The van der Waals surface area contributed by atoms with E-state index in [4.69, 9.17) is 21.1 Å². The van der Waals surface area contributed by atoms with Crippen LogP contribution >= 0.6 is 22.9 Å². The van der Waals surface area contributed by atoms with Crippen molar-refractivity contribution in [3.8, 4) is 0 Å². The Balaban J connectivity index is 2.44. The highest BCUT2D eigenvalue weighted by molar-refractivity contribution is 7.94. The van der Waals surface area contributed by atoms with Gasteiger partial charge in [-0.3, -0.25) is 19.2 Å². The van der Waals surface area contributed by atoms with Gasteiger partial charge >= 0.3 is 12.2 Å². The lowest BCUT2D eigenvalue weighted by atomic mass is 10.0. The number of nitrogens with zero attached hydrogens (tertiary/aromatic N) is 2. The Morgan fingerprint density at radius 3 is 2.27 bits per heavy atom. The van der Waals surface area contributed by atoms with Gasteiger partial charge in [-0.05, 0) is 59.9 Å². The van der Waals surface area contributed by atoms with Crippen LogP contribution in [0.2, 0.25) is 5.02 Å². The molecular weight excluding hydrogens is 584 g/mol. The fourth-order valence-corrected chi connectivity index (χ4v) is 6.76. The molecule has 0 spiro atoms. The van der Waals surface area contributed by atoms with E-state index in [-0.39, 0.29) is 34.5 Å². The van der Waals surface area contributed by atoms with Crippen molar-refractivity contribution in [2.24, 2.45) is 10.3 Å². The minimum Gasteiger partial charge on any atom is -0.444 e. The summed E-state index contributed by atoms with van der Waals surface area (Å²) in [6, 6.07) is -1.13. The van der Waals surface area contributed by atoms with Gasteiger partial charge in [0.1, 0.15) is 27.5 Å². The fourth-order valence-electron chi connectivity index (χ4n) is 3.68. The number of hydrogen-bond donors (Lipinski definition) is 3. The molecule has 2 rings (SSSR count). The highest BCUT2D eigenvalue weighted by Crippen LogP contribution is 2.27. The average molecular weight is 623 g/mol. The van der Waals surface area contributed by atoms with Crippen molar-refractivity contribution < 1.29 is 38.0 Å². The Kier molecular flexibility index (Phi) is 11.0. The van der Waals surface area contributed by atoms with Gasteiger partial charge in [0.25, 0.3) is 11.8 Å². The maximum atomic E-state index is 14.2. The van der Waals surface area contributed by atoms with E-state index >= 15 is 0 Å². The maximum Gasteiger partial charge on any atom is 0.411 e. The molecule has 40 heavy (non-hydrogen) atoms. The van der Waals surface area contributed by atoms with E-state index in [0.717, 1.165) is 16.2 Å². The number of halogens is 1. The summed E-state index contributed by atoms with van der Waals surface area (Å²) in [5, 5.41) is 14.3. The zero-order valence-electron chi connectivity index (χ0n) is 24.0. The lowest BCUT2D eigenvalue weighted by Crippen LogP contribution is -2.49. The van der Waals surface area contributed by atoms with E-state index in [0.29, 0.717) is 0 Å². The molecule has 1 aromatic heterocycles. The van der Waals surface area contributed by atoms with Crippen molar-refractivity contribution in [1.29, 1.82) is 0 Å². The van der Waals surface area contributed by atoms with Gasteiger partial charge < -0.3 is 19.9 Å². The van der Waals surface area contributed by atoms with Crippen molar-refractivity contribution in [1.82, 2.24) is 14.9 Å². The molecule has 1 aliphatic rings. The number of aliphatic hydroxyl groups is 1. The van der Waals surface area contributed by atoms with Crippen LogP contribution < -0.4 is 10.0 Å². The molecule has 1 aliphatic heterocycles. The molecule has 1 aromatic rings. The van der Waals surface area contributed by atoms with Crippen molar-refractivity contribution in [2.45, 2.75) is 102 Å². The second-order valence-corrected chi connectivity index (χ2v) is 15.4. The topological polar surface area (TPSA) is 164 Å². The van der Waals surface area contributed by atoms with E-state index < -0.39 is 63.3 Å². The molecule has 4 atom stereocenters. The second kappa shape index (κ2) is 13.0. The minimum atomic E-state index is -3.98. The monoisotopic (exact) mass is 622 g/mol. The Labute approximate surface area is 244 Å². The summed E-state index contributed by atoms with van der Waals surface area (Å²) < 4.78 is 31.0. The van der Waals surface area contributed by atoms with Crippen LogP contribution in [0.5, 0.6) is 0 Å². The van der Waals surface area contributed by atoms with Crippen LogP contribution in [0.3, 0.4) is 0 Å². The Hall–Kier alpha value is -2.42. The number of carbonyl (C=O) groups excluding carboxylic acids is 4. The molecule has 2 heterocycles. The third kappa shape index (κ3) is 10.2. The van der Waals surface area contributed by atoms with Crippen LogP contribution in [0.4, 0.5) is 9.59 Å². The van der Waals surface area contributed by atoms with E-state index in [9.17, 15) is 28.5 Å². The first-order chi connectivity index (χ1) is 18.2. The number of aliphatic hydroxyl groups excluding tert-OH is 1. The molecule has 1 unspecified atom stereocenters. The van der Waals surface area contributed by atoms with Gasteiger partial charge in [-0.2, -0.15) is 0 Å². The second-order valence-electron chi connectivity index (χ2n) is 11.9. The molecule has 4 amide bonds. The summed E-state index contributed by atoms with van der Waals surface area (Å²) in [6.45, 7) is 13.4. The van der Waals surface area contributed by atoms with Crippen LogP contribution in [0.25, 0.3) is 0 Å².